The van der Waals surface area contributed by atoms with Gasteiger partial charge in [-0.3, -0.25) is 14.2 Å². The summed E-state index contributed by atoms with van der Waals surface area (Å²) in [5.74, 6) is 0.355. The molecule has 2 heterocycles. The molecule has 27 heavy (non-hydrogen) atoms. The zero-order valence-electron chi connectivity index (χ0n) is 14.1. The van der Waals surface area contributed by atoms with Crippen LogP contribution in [0.15, 0.2) is 47.3 Å². The fourth-order valence-electron chi connectivity index (χ4n) is 3.15. The maximum atomic E-state index is 12.5. The molecule has 0 spiro atoms. The van der Waals surface area contributed by atoms with Crippen LogP contribution in [0.5, 0.6) is 5.75 Å². The van der Waals surface area contributed by atoms with Crippen molar-refractivity contribution >= 4 is 22.5 Å². The summed E-state index contributed by atoms with van der Waals surface area (Å²) in [6.45, 7) is -2.23. The summed E-state index contributed by atoms with van der Waals surface area (Å²) in [5, 5.41) is 3.15. The quantitative estimate of drug-likeness (QED) is 0.764. The van der Waals surface area contributed by atoms with Crippen molar-refractivity contribution in [3.63, 3.8) is 0 Å². The number of halogens is 2. The number of ether oxygens (including phenoxy) is 1. The van der Waals surface area contributed by atoms with Gasteiger partial charge in [-0.2, -0.15) is 8.78 Å². The van der Waals surface area contributed by atoms with Crippen LogP contribution in [0, 0.1) is 0 Å². The van der Waals surface area contributed by atoms with Gasteiger partial charge >= 0.3 is 6.61 Å². The lowest BCUT2D eigenvalue weighted by molar-refractivity contribution is -0.0498. The van der Waals surface area contributed by atoms with E-state index in [2.05, 4.69) is 15.0 Å². The molecule has 1 aliphatic rings. The smallest absolute Gasteiger partial charge is 0.387 e. The van der Waals surface area contributed by atoms with Gasteiger partial charge in [0.15, 0.2) is 0 Å². The van der Waals surface area contributed by atoms with E-state index in [4.69, 9.17) is 0 Å². The molecule has 1 N–H and O–H groups in total. The van der Waals surface area contributed by atoms with Crippen LogP contribution in [0.4, 0.5) is 14.5 Å². The second-order valence-electron chi connectivity index (χ2n) is 6.18. The number of amides is 1. The highest BCUT2D eigenvalue weighted by molar-refractivity contribution is 6.06. The lowest BCUT2D eigenvalue weighted by Crippen LogP contribution is -2.21. The standard InChI is InChI=1S/C19H15F2N3O3/c20-19(21)27-13-6-4-12(5-7-13)22-17(25)11-3-8-14-15(10-11)23-16-2-1-9-24(16)18(14)26/h3-8,10,19H,1-2,9H2,(H,22,25). The highest BCUT2D eigenvalue weighted by atomic mass is 19.3. The first-order valence-electron chi connectivity index (χ1n) is 8.41. The molecule has 0 atom stereocenters. The van der Waals surface area contributed by atoms with Crippen LogP contribution in [-0.2, 0) is 13.0 Å². The van der Waals surface area contributed by atoms with Gasteiger partial charge < -0.3 is 10.1 Å². The van der Waals surface area contributed by atoms with Crippen LogP contribution in [0.25, 0.3) is 10.9 Å². The van der Waals surface area contributed by atoms with E-state index < -0.39 is 6.61 Å². The summed E-state index contributed by atoms with van der Waals surface area (Å²) in [6, 6.07) is 10.4. The molecule has 6 nitrogen and oxygen atoms in total. The SMILES string of the molecule is O=C(Nc1ccc(OC(F)F)cc1)c1ccc2c(=O)n3c(nc2c1)CCC3. The van der Waals surface area contributed by atoms with Gasteiger partial charge in [0, 0.05) is 24.2 Å². The van der Waals surface area contributed by atoms with Crippen molar-refractivity contribution in [2.24, 2.45) is 0 Å². The Kier molecular flexibility index (Phi) is 4.31. The summed E-state index contributed by atoms with van der Waals surface area (Å²) in [5.41, 5.74) is 1.18. The van der Waals surface area contributed by atoms with Gasteiger partial charge in [-0.05, 0) is 48.9 Å². The molecule has 0 unspecified atom stereocenters. The minimum Gasteiger partial charge on any atom is -0.435 e. The second kappa shape index (κ2) is 6.79. The first kappa shape index (κ1) is 17.1. The van der Waals surface area contributed by atoms with Crippen molar-refractivity contribution in [2.45, 2.75) is 26.0 Å². The van der Waals surface area contributed by atoms with Gasteiger partial charge in [0.1, 0.15) is 11.6 Å². The van der Waals surface area contributed by atoms with Crippen molar-refractivity contribution < 1.29 is 18.3 Å². The normalized spacial score (nSPS) is 13.0. The van der Waals surface area contributed by atoms with Gasteiger partial charge in [-0.25, -0.2) is 4.98 Å². The minimum atomic E-state index is -2.90. The number of aromatic nitrogens is 2. The van der Waals surface area contributed by atoms with Crippen molar-refractivity contribution in [1.29, 1.82) is 0 Å². The van der Waals surface area contributed by atoms with Crippen LogP contribution in [-0.4, -0.2) is 22.1 Å². The fourth-order valence-corrected chi connectivity index (χ4v) is 3.15. The number of hydrogen-bond donors (Lipinski definition) is 1. The summed E-state index contributed by atoms with van der Waals surface area (Å²) in [7, 11) is 0. The minimum absolute atomic E-state index is 0.00670. The fraction of sp³-hybridized carbons (Fsp3) is 0.211. The van der Waals surface area contributed by atoms with Crippen LogP contribution < -0.4 is 15.6 Å². The number of anilines is 1. The van der Waals surface area contributed by atoms with Crippen LogP contribution in [0.2, 0.25) is 0 Å². The Bertz CT molecular complexity index is 1080. The van der Waals surface area contributed by atoms with Crippen molar-refractivity contribution in [2.75, 3.05) is 5.32 Å². The summed E-state index contributed by atoms with van der Waals surface area (Å²) >= 11 is 0. The Morgan fingerprint density at radius 1 is 1.19 bits per heavy atom. The number of aryl methyl sites for hydroxylation is 1. The average molecular weight is 371 g/mol. The van der Waals surface area contributed by atoms with E-state index in [-0.39, 0.29) is 17.2 Å². The molecule has 1 aromatic heterocycles. The molecule has 3 aromatic rings. The largest absolute Gasteiger partial charge is 0.435 e. The topological polar surface area (TPSA) is 73.2 Å². The van der Waals surface area contributed by atoms with Gasteiger partial charge in [-0.15, -0.1) is 0 Å². The molecule has 2 aromatic carbocycles. The average Bonchev–Trinajstić information content (AvgIpc) is 3.11. The summed E-state index contributed by atoms with van der Waals surface area (Å²) in [4.78, 5) is 29.4. The Hall–Kier alpha value is -3.29. The van der Waals surface area contributed by atoms with E-state index in [0.717, 1.165) is 18.7 Å². The Labute approximate surface area is 152 Å². The molecule has 1 aliphatic heterocycles. The molecule has 1 amide bonds. The Balaban J connectivity index is 1.58. The van der Waals surface area contributed by atoms with E-state index in [9.17, 15) is 18.4 Å². The van der Waals surface area contributed by atoms with Crippen molar-refractivity contribution in [1.82, 2.24) is 9.55 Å². The number of nitrogens with zero attached hydrogens (tertiary/aromatic N) is 2. The first-order valence-corrected chi connectivity index (χ1v) is 8.41. The van der Waals surface area contributed by atoms with Crippen LogP contribution in [0.1, 0.15) is 22.6 Å². The molecular weight excluding hydrogens is 356 g/mol. The zero-order valence-corrected chi connectivity index (χ0v) is 14.1. The number of rotatable bonds is 4. The second-order valence-corrected chi connectivity index (χ2v) is 6.18. The third-order valence-corrected chi connectivity index (χ3v) is 4.42. The lowest BCUT2D eigenvalue weighted by Gasteiger charge is -2.09. The molecule has 0 saturated carbocycles. The third-order valence-electron chi connectivity index (χ3n) is 4.42. The van der Waals surface area contributed by atoms with Crippen molar-refractivity contribution in [3.05, 3.63) is 64.2 Å². The number of carbonyl (C=O) groups is 1. The van der Waals surface area contributed by atoms with Gasteiger partial charge in [-0.1, -0.05) is 0 Å². The number of alkyl halides is 2. The first-order chi connectivity index (χ1) is 13.0. The molecule has 8 heteroatoms. The molecule has 0 aliphatic carbocycles. The number of fused-ring (bicyclic) bond motifs is 2. The molecule has 0 bridgehead atoms. The summed E-state index contributed by atoms with van der Waals surface area (Å²) in [6.07, 6.45) is 1.63. The lowest BCUT2D eigenvalue weighted by atomic mass is 10.1. The number of carbonyl (C=O) groups excluding carboxylic acids is 1. The maximum Gasteiger partial charge on any atom is 0.387 e. The highest BCUT2D eigenvalue weighted by Crippen LogP contribution is 2.20. The Morgan fingerprint density at radius 3 is 2.70 bits per heavy atom. The molecule has 0 radical (unpaired) electrons. The van der Waals surface area contributed by atoms with Crippen LogP contribution >= 0.6 is 0 Å². The third kappa shape index (κ3) is 3.38. The van der Waals surface area contributed by atoms with Crippen molar-refractivity contribution in [3.8, 4) is 5.75 Å². The molecule has 138 valence electrons. The van der Waals surface area contributed by atoms with E-state index in [1.54, 1.807) is 22.8 Å². The molecular formula is C19H15F2N3O3. The maximum absolute atomic E-state index is 12.5. The molecule has 4 rings (SSSR count). The molecule has 0 saturated heterocycles. The van der Waals surface area contributed by atoms with Gasteiger partial charge in [0.2, 0.25) is 0 Å². The predicted octanol–water partition coefficient (Wildman–Crippen LogP) is 3.20. The molecule has 0 fully saturated rings. The Morgan fingerprint density at radius 2 is 1.96 bits per heavy atom. The monoisotopic (exact) mass is 371 g/mol. The number of hydrogen-bond acceptors (Lipinski definition) is 4. The van der Waals surface area contributed by atoms with E-state index in [1.807, 2.05) is 0 Å². The highest BCUT2D eigenvalue weighted by Gasteiger charge is 2.17. The van der Waals surface area contributed by atoms with E-state index in [0.29, 0.717) is 28.7 Å². The van der Waals surface area contributed by atoms with E-state index in [1.165, 1.54) is 24.3 Å². The predicted molar refractivity (Wildman–Crippen MR) is 95.4 cm³/mol. The van der Waals surface area contributed by atoms with E-state index >= 15 is 0 Å². The number of nitrogens with one attached hydrogen (secondary N) is 1. The summed E-state index contributed by atoms with van der Waals surface area (Å²) < 4.78 is 30.3. The number of benzene rings is 2. The van der Waals surface area contributed by atoms with Gasteiger partial charge in [0.05, 0.1) is 10.9 Å². The van der Waals surface area contributed by atoms with Crippen LogP contribution in [0.3, 0.4) is 0 Å². The zero-order chi connectivity index (χ0) is 19.0. The van der Waals surface area contributed by atoms with Gasteiger partial charge in [0.25, 0.3) is 11.5 Å².